The van der Waals surface area contributed by atoms with E-state index in [1.54, 1.807) is 18.3 Å². The lowest BCUT2D eigenvalue weighted by Gasteiger charge is -2.11. The summed E-state index contributed by atoms with van der Waals surface area (Å²) in [7, 11) is 0. The van der Waals surface area contributed by atoms with Crippen molar-refractivity contribution < 1.29 is 14.3 Å². The number of anilines is 1. The van der Waals surface area contributed by atoms with E-state index in [1.807, 2.05) is 18.2 Å². The minimum atomic E-state index is -0.633. The van der Waals surface area contributed by atoms with Crippen molar-refractivity contribution in [3.05, 3.63) is 70.3 Å². The number of fused-ring (bicyclic) bond motifs is 2. The van der Waals surface area contributed by atoms with Crippen LogP contribution < -0.4 is 10.9 Å². The van der Waals surface area contributed by atoms with Gasteiger partial charge in [0.25, 0.3) is 5.91 Å². The molecular weight excluding hydrogens is 358 g/mol. The van der Waals surface area contributed by atoms with Crippen LogP contribution in [0.4, 0.5) is 5.69 Å². The second-order valence-electron chi connectivity index (χ2n) is 6.86. The second-order valence-corrected chi connectivity index (χ2v) is 6.86. The van der Waals surface area contributed by atoms with Crippen LogP contribution in [-0.2, 0) is 0 Å². The number of aromatic hydroxyl groups is 1. The number of carbonyl (C=O) groups is 1. The molecule has 3 aromatic heterocycles. The van der Waals surface area contributed by atoms with E-state index in [2.05, 4.69) is 15.3 Å². The van der Waals surface area contributed by atoms with E-state index < -0.39 is 5.63 Å². The van der Waals surface area contributed by atoms with Gasteiger partial charge in [0.15, 0.2) is 5.65 Å². The van der Waals surface area contributed by atoms with Gasteiger partial charge in [0.2, 0.25) is 0 Å². The van der Waals surface area contributed by atoms with Crippen molar-refractivity contribution in [2.75, 3.05) is 5.32 Å². The monoisotopic (exact) mass is 373 g/mol. The third kappa shape index (κ3) is 2.87. The minimum Gasteiger partial charge on any atom is -0.507 e. The van der Waals surface area contributed by atoms with Crippen LogP contribution in [-0.4, -0.2) is 21.0 Å². The van der Waals surface area contributed by atoms with Crippen LogP contribution >= 0.6 is 0 Å². The van der Waals surface area contributed by atoms with Gasteiger partial charge in [-0.25, -0.2) is 14.8 Å². The highest BCUT2D eigenvalue weighted by atomic mass is 16.4. The highest BCUT2D eigenvalue weighted by Gasteiger charge is 2.30. The Morgan fingerprint density at radius 1 is 1.18 bits per heavy atom. The van der Waals surface area contributed by atoms with Crippen LogP contribution in [0.1, 0.15) is 34.8 Å². The van der Waals surface area contributed by atoms with E-state index in [9.17, 15) is 14.7 Å². The van der Waals surface area contributed by atoms with E-state index in [0.717, 1.165) is 30.0 Å². The predicted molar refractivity (Wildman–Crippen MR) is 104 cm³/mol. The van der Waals surface area contributed by atoms with Gasteiger partial charge < -0.3 is 14.8 Å². The molecule has 1 aliphatic rings. The Kier molecular flexibility index (Phi) is 3.61. The van der Waals surface area contributed by atoms with Crippen molar-refractivity contribution in [3.8, 4) is 5.75 Å². The van der Waals surface area contributed by atoms with Crippen molar-refractivity contribution >= 4 is 33.6 Å². The van der Waals surface area contributed by atoms with Crippen LogP contribution in [0.25, 0.3) is 22.0 Å². The van der Waals surface area contributed by atoms with Crippen molar-refractivity contribution in [1.82, 2.24) is 9.97 Å². The van der Waals surface area contributed by atoms with Gasteiger partial charge in [-0.05, 0) is 49.2 Å². The van der Waals surface area contributed by atoms with Crippen LogP contribution in [0.3, 0.4) is 0 Å². The molecule has 0 bridgehead atoms. The zero-order chi connectivity index (χ0) is 19.3. The number of nitrogens with one attached hydrogen (secondary N) is 1. The number of carbonyl (C=O) groups excluding carboxylic acids is 1. The van der Waals surface area contributed by atoms with Crippen molar-refractivity contribution in [3.63, 3.8) is 0 Å². The highest BCUT2D eigenvalue weighted by Crippen LogP contribution is 2.41. The molecule has 138 valence electrons. The Bertz CT molecular complexity index is 1310. The molecule has 0 saturated heterocycles. The molecule has 28 heavy (non-hydrogen) atoms. The standard InChI is InChI=1S/C21H15N3O4/c25-16-10-18(26)28-17-6-5-13(9-14(16)17)23-21(27)15-8-12-2-1-7-22-20(12)24-19(15)11-3-4-11/h1-2,5-11,25H,3-4H2,(H,23,27). The third-order valence-electron chi connectivity index (χ3n) is 4.81. The van der Waals surface area contributed by atoms with Gasteiger partial charge in [0.05, 0.1) is 22.7 Å². The first-order valence-corrected chi connectivity index (χ1v) is 8.92. The van der Waals surface area contributed by atoms with Crippen molar-refractivity contribution in [1.29, 1.82) is 0 Å². The summed E-state index contributed by atoms with van der Waals surface area (Å²) < 4.78 is 5.05. The molecule has 0 spiro atoms. The van der Waals surface area contributed by atoms with Gasteiger partial charge >= 0.3 is 5.63 Å². The van der Waals surface area contributed by atoms with Gasteiger partial charge in [0.1, 0.15) is 11.3 Å². The van der Waals surface area contributed by atoms with E-state index in [0.29, 0.717) is 22.3 Å². The van der Waals surface area contributed by atoms with Crippen LogP contribution in [0.5, 0.6) is 5.75 Å². The first-order valence-electron chi connectivity index (χ1n) is 8.92. The molecule has 4 aromatic rings. The van der Waals surface area contributed by atoms with Crippen LogP contribution in [0, 0.1) is 0 Å². The summed E-state index contributed by atoms with van der Waals surface area (Å²) in [5.74, 6) is -0.196. The van der Waals surface area contributed by atoms with Gasteiger partial charge in [-0.3, -0.25) is 4.79 Å². The van der Waals surface area contributed by atoms with Gasteiger partial charge in [-0.15, -0.1) is 0 Å². The fourth-order valence-corrected chi connectivity index (χ4v) is 3.29. The molecule has 1 saturated carbocycles. The maximum Gasteiger partial charge on any atom is 0.339 e. The Morgan fingerprint density at radius 2 is 2.04 bits per heavy atom. The summed E-state index contributed by atoms with van der Waals surface area (Å²) in [4.78, 5) is 33.2. The number of rotatable bonds is 3. The molecule has 2 N–H and O–H groups in total. The van der Waals surface area contributed by atoms with Crippen LogP contribution in [0.15, 0.2) is 57.9 Å². The first-order chi connectivity index (χ1) is 13.6. The van der Waals surface area contributed by atoms with E-state index in [-0.39, 0.29) is 23.2 Å². The molecule has 0 unspecified atom stereocenters. The average molecular weight is 373 g/mol. The fraction of sp³-hybridized carbons (Fsp3) is 0.143. The summed E-state index contributed by atoms with van der Waals surface area (Å²) >= 11 is 0. The Hall–Kier alpha value is -3.74. The molecule has 0 radical (unpaired) electrons. The molecule has 1 amide bonds. The van der Waals surface area contributed by atoms with Gasteiger partial charge in [0, 0.05) is 23.2 Å². The number of nitrogens with zero attached hydrogens (tertiary/aromatic N) is 2. The summed E-state index contributed by atoms with van der Waals surface area (Å²) in [6.45, 7) is 0. The molecular formula is C21H15N3O4. The topological polar surface area (TPSA) is 105 Å². The van der Waals surface area contributed by atoms with Crippen molar-refractivity contribution in [2.24, 2.45) is 0 Å². The molecule has 7 heteroatoms. The lowest BCUT2D eigenvalue weighted by atomic mass is 10.1. The average Bonchev–Trinajstić information content (AvgIpc) is 3.52. The summed E-state index contributed by atoms with van der Waals surface area (Å²) in [5, 5.41) is 14.0. The number of aromatic nitrogens is 2. The lowest BCUT2D eigenvalue weighted by molar-refractivity contribution is 0.102. The van der Waals surface area contributed by atoms with Crippen LogP contribution in [0.2, 0.25) is 0 Å². The number of hydrogen-bond acceptors (Lipinski definition) is 6. The smallest absolute Gasteiger partial charge is 0.339 e. The molecule has 0 atom stereocenters. The molecule has 3 heterocycles. The Morgan fingerprint density at radius 3 is 2.86 bits per heavy atom. The van der Waals surface area contributed by atoms with Crippen molar-refractivity contribution in [2.45, 2.75) is 18.8 Å². The molecule has 1 aromatic carbocycles. The number of hydrogen-bond donors (Lipinski definition) is 2. The molecule has 1 aliphatic carbocycles. The summed E-state index contributed by atoms with van der Waals surface area (Å²) in [5.41, 5.74) is 2.01. The third-order valence-corrected chi connectivity index (χ3v) is 4.81. The van der Waals surface area contributed by atoms with E-state index in [1.165, 1.54) is 6.07 Å². The maximum absolute atomic E-state index is 13.0. The van der Waals surface area contributed by atoms with E-state index in [4.69, 9.17) is 4.42 Å². The largest absolute Gasteiger partial charge is 0.507 e. The number of benzene rings is 1. The molecule has 0 aliphatic heterocycles. The lowest BCUT2D eigenvalue weighted by Crippen LogP contribution is -2.15. The minimum absolute atomic E-state index is 0.195. The molecule has 5 rings (SSSR count). The first kappa shape index (κ1) is 16.4. The SMILES string of the molecule is O=C(Nc1ccc2oc(=O)cc(O)c2c1)c1cc2cccnc2nc1C1CC1. The normalized spacial score (nSPS) is 13.7. The van der Waals surface area contributed by atoms with Gasteiger partial charge in [-0.2, -0.15) is 0 Å². The fourth-order valence-electron chi connectivity index (χ4n) is 3.29. The number of amides is 1. The predicted octanol–water partition coefficient (Wildman–Crippen LogP) is 3.57. The quantitative estimate of drug-likeness (QED) is 0.532. The molecule has 1 fully saturated rings. The Labute approximate surface area is 158 Å². The zero-order valence-electron chi connectivity index (χ0n) is 14.7. The second kappa shape index (κ2) is 6.16. The maximum atomic E-state index is 13.0. The number of pyridine rings is 2. The summed E-state index contributed by atoms with van der Waals surface area (Å²) in [6, 6.07) is 11.2. The molecule has 7 nitrogen and oxygen atoms in total. The summed E-state index contributed by atoms with van der Waals surface area (Å²) in [6.07, 6.45) is 3.70. The Balaban J connectivity index is 1.54. The highest BCUT2D eigenvalue weighted by molar-refractivity contribution is 6.07. The van der Waals surface area contributed by atoms with Gasteiger partial charge in [-0.1, -0.05) is 0 Å². The zero-order valence-corrected chi connectivity index (χ0v) is 14.7. The van der Waals surface area contributed by atoms with E-state index >= 15 is 0 Å².